The number of aliphatic hydroxyl groups is 1. The second-order valence-electron chi connectivity index (χ2n) is 6.04. The molecule has 0 fully saturated rings. The number of aromatic nitrogens is 1. The van der Waals surface area contributed by atoms with Crippen molar-refractivity contribution in [2.45, 2.75) is 22.6 Å². The van der Waals surface area contributed by atoms with E-state index in [1.54, 1.807) is 13.2 Å². The van der Waals surface area contributed by atoms with Gasteiger partial charge in [-0.2, -0.15) is 5.26 Å². The van der Waals surface area contributed by atoms with Crippen LogP contribution in [0.1, 0.15) is 22.8 Å². The Bertz CT molecular complexity index is 914. The molecule has 2 atom stereocenters. The van der Waals surface area contributed by atoms with Crippen LogP contribution in [0.5, 0.6) is 5.88 Å². The number of methoxy groups -OCH3 is 1. The molecule has 2 aromatic rings. The number of pyridine rings is 1. The molecule has 0 radical (unpaired) electrons. The molecule has 31 heavy (non-hydrogen) atoms. The van der Waals surface area contributed by atoms with Crippen molar-refractivity contribution in [1.29, 1.82) is 5.26 Å². The Kier molecular flexibility index (Phi) is 11.4. The van der Waals surface area contributed by atoms with Crippen LogP contribution in [-0.2, 0) is 9.59 Å². The minimum Gasteiger partial charge on any atom is -0.481 e. The SMILES string of the molecule is COc1cc(S[C@H](C[C@@H](N)CO)c2ccccc2)c(C#N)cn1.O=C(O)C=CC(=O)O. The number of carbonyl (C=O) groups is 2. The maximum atomic E-state index is 9.55. The first-order valence-corrected chi connectivity index (χ1v) is 9.84. The summed E-state index contributed by atoms with van der Waals surface area (Å²) in [6, 6.07) is 13.5. The first-order chi connectivity index (χ1) is 14.8. The van der Waals surface area contributed by atoms with E-state index in [9.17, 15) is 20.0 Å². The average molecular weight is 445 g/mol. The highest BCUT2D eigenvalue weighted by molar-refractivity contribution is 7.99. The number of aliphatic carboxylic acids is 2. The fraction of sp³-hybridized carbons (Fsp3) is 0.238. The lowest BCUT2D eigenvalue weighted by Crippen LogP contribution is -2.26. The number of ether oxygens (including phenoxy) is 1. The number of rotatable bonds is 9. The number of aliphatic hydroxyl groups excluding tert-OH is 1. The number of carboxylic acid groups (broad SMARTS) is 2. The van der Waals surface area contributed by atoms with E-state index < -0.39 is 11.9 Å². The first-order valence-electron chi connectivity index (χ1n) is 8.96. The predicted molar refractivity (Wildman–Crippen MR) is 115 cm³/mol. The van der Waals surface area contributed by atoms with Gasteiger partial charge in [0.2, 0.25) is 5.88 Å². The summed E-state index contributed by atoms with van der Waals surface area (Å²) in [6.07, 6.45) is 3.22. The van der Waals surface area contributed by atoms with Crippen LogP contribution in [0.25, 0.3) is 0 Å². The molecule has 1 aromatic heterocycles. The zero-order valence-electron chi connectivity index (χ0n) is 16.7. The maximum absolute atomic E-state index is 9.55. The highest BCUT2D eigenvalue weighted by Gasteiger charge is 2.19. The quantitative estimate of drug-likeness (QED) is 0.332. The van der Waals surface area contributed by atoms with Gasteiger partial charge in [0, 0.05) is 40.6 Å². The van der Waals surface area contributed by atoms with E-state index in [0.717, 1.165) is 10.5 Å². The molecule has 2 rings (SSSR count). The molecule has 0 spiro atoms. The van der Waals surface area contributed by atoms with E-state index in [1.807, 2.05) is 30.3 Å². The van der Waals surface area contributed by atoms with Crippen LogP contribution in [0.4, 0.5) is 0 Å². The molecule has 0 saturated heterocycles. The van der Waals surface area contributed by atoms with Crippen LogP contribution < -0.4 is 10.5 Å². The Hall–Kier alpha value is -3.39. The van der Waals surface area contributed by atoms with Crippen molar-refractivity contribution in [1.82, 2.24) is 4.98 Å². The molecule has 0 aliphatic carbocycles. The second kappa shape index (κ2) is 13.8. The molecule has 0 amide bonds. The third-order valence-corrected chi connectivity index (χ3v) is 5.07. The van der Waals surface area contributed by atoms with Gasteiger partial charge < -0.3 is 25.8 Å². The second-order valence-corrected chi connectivity index (χ2v) is 7.28. The number of hydrogen-bond acceptors (Lipinski definition) is 8. The third-order valence-electron chi connectivity index (χ3n) is 3.73. The van der Waals surface area contributed by atoms with Gasteiger partial charge in [0.05, 0.1) is 19.3 Å². The number of nitrogens with zero attached hydrogens (tertiary/aromatic N) is 2. The first kappa shape index (κ1) is 25.6. The number of hydrogen-bond donors (Lipinski definition) is 4. The van der Waals surface area contributed by atoms with Crippen LogP contribution in [0.2, 0.25) is 0 Å². The number of carboxylic acids is 2. The van der Waals surface area contributed by atoms with Crippen LogP contribution in [-0.4, -0.2) is 52.0 Å². The van der Waals surface area contributed by atoms with Crippen LogP contribution in [0, 0.1) is 11.3 Å². The van der Waals surface area contributed by atoms with Crippen LogP contribution >= 0.6 is 11.8 Å². The number of nitriles is 1. The number of benzene rings is 1. The number of thioether (sulfide) groups is 1. The summed E-state index contributed by atoms with van der Waals surface area (Å²) >= 11 is 1.53. The van der Waals surface area contributed by atoms with Gasteiger partial charge >= 0.3 is 11.9 Å². The summed E-state index contributed by atoms with van der Waals surface area (Å²) in [7, 11) is 1.54. The minimum atomic E-state index is -1.26. The van der Waals surface area contributed by atoms with Gasteiger partial charge in [0.15, 0.2) is 0 Å². The van der Waals surface area contributed by atoms with Gasteiger partial charge in [0.1, 0.15) is 6.07 Å². The molecule has 0 bridgehead atoms. The van der Waals surface area contributed by atoms with E-state index in [2.05, 4.69) is 11.1 Å². The lowest BCUT2D eigenvalue weighted by molar-refractivity contribution is -0.134. The largest absolute Gasteiger partial charge is 0.481 e. The molecule has 1 aromatic carbocycles. The van der Waals surface area contributed by atoms with E-state index in [1.165, 1.54) is 18.0 Å². The minimum absolute atomic E-state index is 0.0255. The maximum Gasteiger partial charge on any atom is 0.328 e. The smallest absolute Gasteiger partial charge is 0.328 e. The molecule has 0 saturated carbocycles. The topological polar surface area (TPSA) is 167 Å². The lowest BCUT2D eigenvalue weighted by atomic mass is 10.1. The van der Waals surface area contributed by atoms with Crippen molar-refractivity contribution in [2.24, 2.45) is 5.73 Å². The van der Waals surface area contributed by atoms with Gasteiger partial charge in [0.25, 0.3) is 0 Å². The molecule has 5 N–H and O–H groups in total. The molecule has 9 nitrogen and oxygen atoms in total. The fourth-order valence-electron chi connectivity index (χ4n) is 2.28. The Morgan fingerprint density at radius 2 is 1.87 bits per heavy atom. The van der Waals surface area contributed by atoms with E-state index in [0.29, 0.717) is 30.0 Å². The Labute approximate surface area is 183 Å². The molecule has 0 unspecified atom stereocenters. The van der Waals surface area contributed by atoms with Crippen LogP contribution in [0.15, 0.2) is 59.6 Å². The highest BCUT2D eigenvalue weighted by Crippen LogP contribution is 2.40. The standard InChI is InChI=1S/C17H19N3O2S.C4H4O4/c1-22-17-8-16(13(9-18)10-20-17)23-15(7-14(19)11-21)12-5-3-2-4-6-12;5-3(6)1-2-4(7)8/h2-6,8,10,14-15,21H,7,11,19H2,1H3;1-2H,(H,5,6)(H,7,8)/t14-,15-;/m1./s1. The van der Waals surface area contributed by atoms with Gasteiger partial charge in [-0.25, -0.2) is 14.6 Å². The summed E-state index contributed by atoms with van der Waals surface area (Å²) in [5.74, 6) is -2.05. The van der Waals surface area contributed by atoms with E-state index >= 15 is 0 Å². The van der Waals surface area contributed by atoms with Crippen LogP contribution in [0.3, 0.4) is 0 Å². The zero-order chi connectivity index (χ0) is 23.2. The van der Waals surface area contributed by atoms with Crippen molar-refractivity contribution in [3.63, 3.8) is 0 Å². The van der Waals surface area contributed by atoms with Gasteiger partial charge in [-0.15, -0.1) is 11.8 Å². The Morgan fingerprint density at radius 3 is 2.35 bits per heavy atom. The van der Waals surface area contributed by atoms with E-state index in [4.69, 9.17) is 20.7 Å². The predicted octanol–water partition coefficient (Wildman–Crippen LogP) is 2.22. The van der Waals surface area contributed by atoms with Gasteiger partial charge in [-0.05, 0) is 12.0 Å². The zero-order valence-corrected chi connectivity index (χ0v) is 17.5. The molecule has 10 heteroatoms. The molecular weight excluding hydrogens is 422 g/mol. The van der Waals surface area contributed by atoms with Crippen molar-refractivity contribution in [3.05, 3.63) is 65.9 Å². The Morgan fingerprint density at radius 1 is 1.26 bits per heavy atom. The van der Waals surface area contributed by atoms with Crippen molar-refractivity contribution in [2.75, 3.05) is 13.7 Å². The van der Waals surface area contributed by atoms with Crippen molar-refractivity contribution < 1.29 is 29.6 Å². The van der Waals surface area contributed by atoms with Crippen molar-refractivity contribution >= 4 is 23.7 Å². The number of nitrogens with two attached hydrogens (primary N) is 1. The summed E-state index contributed by atoms with van der Waals surface area (Å²) in [6.45, 7) is -0.0747. The summed E-state index contributed by atoms with van der Waals surface area (Å²) in [5.41, 5.74) is 7.52. The van der Waals surface area contributed by atoms with Gasteiger partial charge in [-0.3, -0.25) is 0 Å². The molecule has 1 heterocycles. The molecule has 0 aliphatic heterocycles. The lowest BCUT2D eigenvalue weighted by Gasteiger charge is -2.20. The third kappa shape index (κ3) is 9.77. The average Bonchev–Trinajstić information content (AvgIpc) is 2.78. The summed E-state index contributed by atoms with van der Waals surface area (Å²) in [5, 5.41) is 34.2. The highest BCUT2D eigenvalue weighted by atomic mass is 32.2. The fourth-order valence-corrected chi connectivity index (χ4v) is 3.61. The summed E-state index contributed by atoms with van der Waals surface area (Å²) in [4.78, 5) is 24.0. The molecule has 0 aliphatic rings. The monoisotopic (exact) mass is 445 g/mol. The van der Waals surface area contributed by atoms with E-state index in [-0.39, 0.29) is 17.9 Å². The summed E-state index contributed by atoms with van der Waals surface area (Å²) < 4.78 is 5.15. The molecule has 164 valence electrons. The Balaban J connectivity index is 0.000000512. The van der Waals surface area contributed by atoms with Gasteiger partial charge in [-0.1, -0.05) is 30.3 Å². The molecular formula is C21H23N3O6S. The normalized spacial score (nSPS) is 12.2. The van der Waals surface area contributed by atoms with Crippen molar-refractivity contribution in [3.8, 4) is 11.9 Å².